The van der Waals surface area contributed by atoms with Crippen molar-refractivity contribution in [2.45, 2.75) is 34.2 Å². The molecule has 0 N–H and O–H groups in total. The zero-order valence-corrected chi connectivity index (χ0v) is 12.3. The second-order valence-electron chi connectivity index (χ2n) is 3.53. The molecule has 0 amide bonds. The van der Waals surface area contributed by atoms with Gasteiger partial charge in [0, 0.05) is 5.92 Å². The molecule has 0 bridgehead atoms. The fraction of sp³-hybridized carbons (Fsp3) is 0.778. The van der Waals surface area contributed by atoms with Crippen LogP contribution in [0.4, 0.5) is 0 Å². The van der Waals surface area contributed by atoms with E-state index in [1.54, 1.807) is 0 Å². The van der Waals surface area contributed by atoms with E-state index >= 15 is 0 Å². The number of Topliss-reactive ketones (excluding diaryl/α,β-unsaturated/α-hetero) is 2. The summed E-state index contributed by atoms with van der Waals surface area (Å²) < 4.78 is -1.07. The Bertz CT molecular complexity index is 239. The standard InChI is InChI=1S/C9H11Br3O2/c10-9(11,12)8(14)7(13)6-4-2-1-3-5-6/h6H,1-5H2. The van der Waals surface area contributed by atoms with Crippen LogP contribution in [0.1, 0.15) is 32.1 Å². The van der Waals surface area contributed by atoms with E-state index < -0.39 is 7.93 Å². The molecule has 0 spiro atoms. The highest BCUT2D eigenvalue weighted by atomic mass is 80.0. The van der Waals surface area contributed by atoms with Gasteiger partial charge < -0.3 is 0 Å². The Morgan fingerprint density at radius 2 is 1.50 bits per heavy atom. The molecule has 0 saturated heterocycles. The van der Waals surface area contributed by atoms with E-state index in [0.29, 0.717) is 0 Å². The van der Waals surface area contributed by atoms with Crippen LogP contribution in [0.2, 0.25) is 0 Å². The first-order valence-electron chi connectivity index (χ1n) is 4.58. The lowest BCUT2D eigenvalue weighted by Crippen LogP contribution is -2.33. The van der Waals surface area contributed by atoms with E-state index in [1.165, 1.54) is 6.42 Å². The Balaban J connectivity index is 2.60. The van der Waals surface area contributed by atoms with Crippen LogP contribution in [0.15, 0.2) is 0 Å². The van der Waals surface area contributed by atoms with E-state index in [1.807, 2.05) is 0 Å². The summed E-state index contributed by atoms with van der Waals surface area (Å²) in [5, 5.41) is 0. The molecule has 0 aliphatic heterocycles. The van der Waals surface area contributed by atoms with Gasteiger partial charge in [-0.25, -0.2) is 0 Å². The molecule has 0 aromatic heterocycles. The van der Waals surface area contributed by atoms with Crippen LogP contribution in [-0.4, -0.2) is 13.7 Å². The monoisotopic (exact) mass is 388 g/mol. The molecule has 1 fully saturated rings. The molecule has 0 aromatic carbocycles. The van der Waals surface area contributed by atoms with Crippen molar-refractivity contribution in [3.05, 3.63) is 0 Å². The third-order valence-electron chi connectivity index (χ3n) is 2.46. The number of hydrogen-bond acceptors (Lipinski definition) is 2. The summed E-state index contributed by atoms with van der Waals surface area (Å²) in [5.41, 5.74) is 0. The van der Waals surface area contributed by atoms with Crippen molar-refractivity contribution < 1.29 is 9.59 Å². The quantitative estimate of drug-likeness (QED) is 0.534. The van der Waals surface area contributed by atoms with E-state index in [-0.39, 0.29) is 11.7 Å². The maximum Gasteiger partial charge on any atom is 0.236 e. The number of ketones is 2. The van der Waals surface area contributed by atoms with Crippen LogP contribution in [0.25, 0.3) is 0 Å². The fourth-order valence-corrected chi connectivity index (χ4v) is 2.28. The highest BCUT2D eigenvalue weighted by Gasteiger charge is 2.38. The maximum absolute atomic E-state index is 11.7. The van der Waals surface area contributed by atoms with Gasteiger partial charge in [0.1, 0.15) is 0 Å². The third-order valence-corrected chi connectivity index (χ3v) is 3.54. The van der Waals surface area contributed by atoms with Crippen LogP contribution in [0, 0.1) is 5.92 Å². The van der Waals surface area contributed by atoms with Gasteiger partial charge in [0.15, 0.2) is 2.14 Å². The first kappa shape index (κ1) is 12.8. The van der Waals surface area contributed by atoms with Gasteiger partial charge in [-0.3, -0.25) is 9.59 Å². The molecule has 14 heavy (non-hydrogen) atoms. The Kier molecular flexibility index (Phi) is 4.78. The van der Waals surface area contributed by atoms with Crippen molar-refractivity contribution in [2.24, 2.45) is 5.92 Å². The minimum Gasteiger partial charge on any atom is -0.290 e. The lowest BCUT2D eigenvalue weighted by Gasteiger charge is -2.21. The first-order chi connectivity index (χ1) is 6.43. The van der Waals surface area contributed by atoms with E-state index in [4.69, 9.17) is 0 Å². The minimum absolute atomic E-state index is 0.0664. The fourth-order valence-electron chi connectivity index (χ4n) is 1.69. The number of halogens is 3. The average molecular weight is 391 g/mol. The molecule has 1 aliphatic rings. The molecule has 80 valence electrons. The maximum atomic E-state index is 11.7. The van der Waals surface area contributed by atoms with E-state index in [9.17, 15) is 9.59 Å². The SMILES string of the molecule is O=C(C(=O)C(Br)(Br)Br)C1CCCCC1. The summed E-state index contributed by atoms with van der Waals surface area (Å²) in [6.07, 6.45) is 5.01. The number of rotatable bonds is 2. The van der Waals surface area contributed by atoms with Crippen molar-refractivity contribution in [1.29, 1.82) is 0 Å². The van der Waals surface area contributed by atoms with Crippen molar-refractivity contribution in [3.63, 3.8) is 0 Å². The van der Waals surface area contributed by atoms with Crippen molar-refractivity contribution in [2.75, 3.05) is 0 Å². The van der Waals surface area contributed by atoms with Crippen LogP contribution >= 0.6 is 47.8 Å². The van der Waals surface area contributed by atoms with Gasteiger partial charge in [-0.15, -0.1) is 0 Å². The van der Waals surface area contributed by atoms with Crippen LogP contribution in [0.3, 0.4) is 0 Å². The molecule has 0 aromatic rings. The zero-order valence-electron chi connectivity index (χ0n) is 7.56. The van der Waals surface area contributed by atoms with Crippen molar-refractivity contribution in [3.8, 4) is 0 Å². The Morgan fingerprint density at radius 1 is 1.00 bits per heavy atom. The van der Waals surface area contributed by atoms with Crippen LogP contribution < -0.4 is 0 Å². The van der Waals surface area contributed by atoms with Gasteiger partial charge in [-0.05, 0) is 12.8 Å². The Labute approximate surface area is 109 Å². The average Bonchev–Trinajstić information content (AvgIpc) is 2.15. The molecule has 5 heteroatoms. The summed E-state index contributed by atoms with van der Waals surface area (Å²) in [5.74, 6) is -0.775. The smallest absolute Gasteiger partial charge is 0.236 e. The number of carbonyl (C=O) groups is 2. The predicted octanol–water partition coefficient (Wildman–Crippen LogP) is 3.54. The van der Waals surface area contributed by atoms with Crippen LogP contribution in [0.5, 0.6) is 0 Å². The number of alkyl halides is 3. The molecule has 2 nitrogen and oxygen atoms in total. The summed E-state index contributed by atoms with van der Waals surface area (Å²) in [6.45, 7) is 0. The second-order valence-corrected chi connectivity index (χ2v) is 10.3. The van der Waals surface area contributed by atoms with Crippen LogP contribution in [-0.2, 0) is 9.59 Å². The molecular formula is C9H11Br3O2. The Hall–Kier alpha value is 0.780. The summed E-state index contributed by atoms with van der Waals surface area (Å²) in [4.78, 5) is 23.3. The lowest BCUT2D eigenvalue weighted by atomic mass is 9.85. The molecule has 1 rings (SSSR count). The summed E-state index contributed by atoms with van der Waals surface area (Å²) in [7, 11) is 0. The lowest BCUT2D eigenvalue weighted by molar-refractivity contribution is -0.138. The molecule has 1 aliphatic carbocycles. The number of carbonyl (C=O) groups excluding carboxylic acids is 2. The van der Waals surface area contributed by atoms with Gasteiger partial charge in [-0.2, -0.15) is 0 Å². The highest BCUT2D eigenvalue weighted by molar-refractivity contribution is 9.40. The molecule has 0 heterocycles. The molecule has 0 radical (unpaired) electrons. The van der Waals surface area contributed by atoms with Gasteiger partial charge in [-0.1, -0.05) is 67.1 Å². The minimum atomic E-state index is -1.07. The van der Waals surface area contributed by atoms with E-state index in [0.717, 1.165) is 25.7 Å². The van der Waals surface area contributed by atoms with Crippen molar-refractivity contribution in [1.82, 2.24) is 0 Å². The molecule has 1 saturated carbocycles. The van der Waals surface area contributed by atoms with Gasteiger partial charge >= 0.3 is 0 Å². The van der Waals surface area contributed by atoms with Crippen molar-refractivity contribution >= 4 is 59.4 Å². The largest absolute Gasteiger partial charge is 0.290 e. The first-order valence-corrected chi connectivity index (χ1v) is 6.96. The zero-order chi connectivity index (χ0) is 10.8. The summed E-state index contributed by atoms with van der Waals surface area (Å²) >= 11 is 9.22. The predicted molar refractivity (Wildman–Crippen MR) is 66.1 cm³/mol. The van der Waals surface area contributed by atoms with Gasteiger partial charge in [0.2, 0.25) is 11.6 Å². The Morgan fingerprint density at radius 3 is 1.93 bits per heavy atom. The van der Waals surface area contributed by atoms with Gasteiger partial charge in [0.05, 0.1) is 0 Å². The third kappa shape index (κ3) is 3.42. The van der Waals surface area contributed by atoms with E-state index in [2.05, 4.69) is 47.8 Å². The highest BCUT2D eigenvalue weighted by Crippen LogP contribution is 2.36. The summed E-state index contributed by atoms with van der Waals surface area (Å²) in [6, 6.07) is 0. The topological polar surface area (TPSA) is 34.1 Å². The molecule has 0 atom stereocenters. The molecule has 0 unspecified atom stereocenters. The van der Waals surface area contributed by atoms with Gasteiger partial charge in [0.25, 0.3) is 0 Å². The molecular weight excluding hydrogens is 380 g/mol. The second kappa shape index (κ2) is 5.21. The number of hydrogen-bond donors (Lipinski definition) is 0. The normalized spacial score (nSPS) is 19.4.